The highest BCUT2D eigenvalue weighted by atomic mass is 35.5. The lowest BCUT2D eigenvalue weighted by Crippen LogP contribution is -2.51. The number of nitrogens with zero attached hydrogens (tertiary/aromatic N) is 4. The molecule has 0 bridgehead atoms. The van der Waals surface area contributed by atoms with Crippen molar-refractivity contribution in [3.05, 3.63) is 52.4 Å². The number of amides is 1. The van der Waals surface area contributed by atoms with E-state index < -0.39 is 6.10 Å². The number of fused-ring (bicyclic) bond motifs is 1. The number of hydrogen-bond acceptors (Lipinski definition) is 6. The Labute approximate surface area is 194 Å². The number of nitrogens with one attached hydrogen (secondary N) is 1. The summed E-state index contributed by atoms with van der Waals surface area (Å²) in [5, 5.41) is 14.4. The van der Waals surface area contributed by atoms with Gasteiger partial charge in [-0.25, -0.2) is 9.97 Å². The first-order valence-corrected chi connectivity index (χ1v) is 11.8. The van der Waals surface area contributed by atoms with E-state index in [0.29, 0.717) is 50.2 Å². The summed E-state index contributed by atoms with van der Waals surface area (Å²) in [6.45, 7) is 9.57. The summed E-state index contributed by atoms with van der Waals surface area (Å²) in [6, 6.07) is 7.87. The molecule has 0 unspecified atom stereocenters. The number of rotatable bonds is 6. The Morgan fingerprint density at radius 1 is 1.19 bits per heavy atom. The Morgan fingerprint density at radius 3 is 2.53 bits per heavy atom. The molecule has 1 aliphatic carbocycles. The summed E-state index contributed by atoms with van der Waals surface area (Å²) >= 11 is 6.06. The highest BCUT2D eigenvalue weighted by molar-refractivity contribution is 6.30. The minimum atomic E-state index is -0.516. The van der Waals surface area contributed by atoms with Crippen LogP contribution in [0.4, 0.5) is 5.82 Å². The summed E-state index contributed by atoms with van der Waals surface area (Å²) in [7, 11) is 0. The third kappa shape index (κ3) is 4.75. The highest BCUT2D eigenvalue weighted by Crippen LogP contribution is 2.42. The van der Waals surface area contributed by atoms with Gasteiger partial charge in [-0.05, 0) is 30.0 Å². The van der Waals surface area contributed by atoms with Crippen molar-refractivity contribution in [3.8, 4) is 0 Å². The molecular formula is C24H32ClN5O2. The summed E-state index contributed by atoms with van der Waals surface area (Å²) in [4.78, 5) is 26.5. The van der Waals surface area contributed by atoms with E-state index in [4.69, 9.17) is 11.6 Å². The van der Waals surface area contributed by atoms with Crippen LogP contribution >= 0.6 is 11.6 Å². The van der Waals surface area contributed by atoms with Crippen LogP contribution < -0.4 is 10.2 Å². The molecule has 0 spiro atoms. The lowest BCUT2D eigenvalue weighted by atomic mass is 9.96. The number of aromatic nitrogens is 2. The average molecular weight is 458 g/mol. The van der Waals surface area contributed by atoms with Gasteiger partial charge < -0.3 is 20.2 Å². The number of aliphatic hydroxyl groups excluding tert-OH is 1. The van der Waals surface area contributed by atoms with Gasteiger partial charge in [0.25, 0.3) is 0 Å². The van der Waals surface area contributed by atoms with E-state index in [2.05, 4.69) is 41.0 Å². The molecule has 172 valence electrons. The predicted molar refractivity (Wildman–Crippen MR) is 126 cm³/mol. The zero-order chi connectivity index (χ0) is 22.8. The second-order valence-corrected chi connectivity index (χ2v) is 9.56. The molecule has 32 heavy (non-hydrogen) atoms. The third-order valence-electron chi connectivity index (χ3n) is 6.47. The smallest absolute Gasteiger partial charge is 0.231 e. The molecule has 0 saturated carbocycles. The quantitative estimate of drug-likeness (QED) is 0.693. The number of anilines is 1. The third-order valence-corrected chi connectivity index (χ3v) is 6.72. The van der Waals surface area contributed by atoms with Crippen molar-refractivity contribution in [2.45, 2.75) is 51.2 Å². The van der Waals surface area contributed by atoms with Crippen LogP contribution in [0.3, 0.4) is 0 Å². The van der Waals surface area contributed by atoms with Gasteiger partial charge in [-0.1, -0.05) is 44.5 Å². The molecule has 2 aliphatic rings. The molecular weight excluding hydrogens is 426 g/mol. The maximum absolute atomic E-state index is 13.5. The topological polar surface area (TPSA) is 81.6 Å². The van der Waals surface area contributed by atoms with Crippen LogP contribution in [-0.2, 0) is 4.79 Å². The second-order valence-electron chi connectivity index (χ2n) is 9.13. The van der Waals surface area contributed by atoms with Crippen LogP contribution in [0.2, 0.25) is 5.02 Å². The monoisotopic (exact) mass is 457 g/mol. The van der Waals surface area contributed by atoms with Crippen molar-refractivity contribution in [2.24, 2.45) is 0 Å². The zero-order valence-electron chi connectivity index (χ0n) is 19.0. The minimum Gasteiger partial charge on any atom is -0.387 e. The van der Waals surface area contributed by atoms with Crippen molar-refractivity contribution < 1.29 is 9.90 Å². The molecule has 3 atom stereocenters. The van der Waals surface area contributed by atoms with E-state index in [0.717, 1.165) is 22.6 Å². The zero-order valence-corrected chi connectivity index (χ0v) is 19.7. The number of aliphatic hydroxyl groups is 1. The summed E-state index contributed by atoms with van der Waals surface area (Å²) < 4.78 is 0. The van der Waals surface area contributed by atoms with Crippen molar-refractivity contribution >= 4 is 23.3 Å². The fourth-order valence-electron chi connectivity index (χ4n) is 4.71. The van der Waals surface area contributed by atoms with E-state index in [1.807, 2.05) is 29.2 Å². The van der Waals surface area contributed by atoms with E-state index in [-0.39, 0.29) is 17.7 Å². The summed E-state index contributed by atoms with van der Waals surface area (Å²) in [5.41, 5.74) is 2.79. The number of carbonyl (C=O) groups is 1. The molecule has 1 aromatic heterocycles. The van der Waals surface area contributed by atoms with Gasteiger partial charge in [0.05, 0.1) is 17.7 Å². The fourth-order valence-corrected chi connectivity index (χ4v) is 4.84. The van der Waals surface area contributed by atoms with Crippen LogP contribution in [0.1, 0.15) is 62.0 Å². The van der Waals surface area contributed by atoms with Gasteiger partial charge in [-0.2, -0.15) is 0 Å². The average Bonchev–Trinajstić information content (AvgIpc) is 3.08. The van der Waals surface area contributed by atoms with Crippen LogP contribution in [0.25, 0.3) is 0 Å². The molecule has 1 aliphatic heterocycles. The molecule has 7 nitrogen and oxygen atoms in total. The molecule has 1 aromatic carbocycles. The number of benzene rings is 1. The van der Waals surface area contributed by atoms with Crippen LogP contribution in [0.15, 0.2) is 30.6 Å². The molecule has 1 fully saturated rings. The first-order valence-electron chi connectivity index (χ1n) is 11.4. The van der Waals surface area contributed by atoms with Gasteiger partial charge in [0.15, 0.2) is 0 Å². The number of halogens is 1. The molecule has 8 heteroatoms. The molecule has 1 saturated heterocycles. The minimum absolute atomic E-state index is 0.136. The van der Waals surface area contributed by atoms with Gasteiger partial charge in [0.2, 0.25) is 5.91 Å². The normalized spacial score (nSPS) is 21.7. The number of hydrogen-bond donors (Lipinski definition) is 2. The summed E-state index contributed by atoms with van der Waals surface area (Å²) in [5.74, 6) is 1.02. The van der Waals surface area contributed by atoms with Crippen LogP contribution in [0.5, 0.6) is 0 Å². The van der Waals surface area contributed by atoms with E-state index >= 15 is 0 Å². The van der Waals surface area contributed by atoms with Crippen molar-refractivity contribution in [1.82, 2.24) is 20.2 Å². The van der Waals surface area contributed by atoms with Gasteiger partial charge in [-0.15, -0.1) is 0 Å². The Kier molecular flexibility index (Phi) is 6.98. The summed E-state index contributed by atoms with van der Waals surface area (Å²) in [6.07, 6.45) is 1.71. The van der Waals surface area contributed by atoms with E-state index in [1.54, 1.807) is 6.33 Å². The first-order chi connectivity index (χ1) is 15.3. The molecule has 1 amide bonds. The highest BCUT2D eigenvalue weighted by Gasteiger charge is 2.35. The van der Waals surface area contributed by atoms with E-state index in [1.165, 1.54) is 0 Å². The molecule has 2 heterocycles. The Bertz CT molecular complexity index is 944. The van der Waals surface area contributed by atoms with Crippen LogP contribution in [-0.4, -0.2) is 64.6 Å². The van der Waals surface area contributed by atoms with Gasteiger partial charge in [0, 0.05) is 49.4 Å². The standard InChI is InChI=1S/C24H32ClN5O2/c1-15(2)26-13-19(17-4-6-18(25)7-5-17)24(32)30-10-8-29(9-11-30)23-21-16(3)12-20(31)22(21)27-14-28-23/h4-7,14-16,19-20,26,31H,8-13H2,1-3H3/t16-,19-,20-/m0/s1. The molecule has 0 radical (unpaired) electrons. The SMILES string of the molecule is CC(C)NC[C@H](C(=O)N1CCN(c2ncnc3c2[C@@H](C)C[C@@H]3O)CC1)c1ccc(Cl)cc1. The van der Waals surface area contributed by atoms with E-state index in [9.17, 15) is 9.90 Å². The Morgan fingerprint density at radius 2 is 1.88 bits per heavy atom. The number of carbonyl (C=O) groups excluding carboxylic acids is 1. The van der Waals surface area contributed by atoms with Gasteiger partial charge in [0.1, 0.15) is 12.1 Å². The maximum Gasteiger partial charge on any atom is 0.231 e. The van der Waals surface area contributed by atoms with Crippen molar-refractivity contribution in [3.63, 3.8) is 0 Å². The van der Waals surface area contributed by atoms with Gasteiger partial charge in [-0.3, -0.25) is 4.79 Å². The lowest BCUT2D eigenvalue weighted by Gasteiger charge is -2.38. The first kappa shape index (κ1) is 23.0. The Hall–Kier alpha value is -2.22. The maximum atomic E-state index is 13.5. The lowest BCUT2D eigenvalue weighted by molar-refractivity contribution is -0.133. The van der Waals surface area contributed by atoms with Crippen molar-refractivity contribution in [2.75, 3.05) is 37.6 Å². The Balaban J connectivity index is 1.47. The molecule has 4 rings (SSSR count). The van der Waals surface area contributed by atoms with Crippen molar-refractivity contribution in [1.29, 1.82) is 0 Å². The predicted octanol–water partition coefficient (Wildman–Crippen LogP) is 3.10. The molecule has 2 aromatic rings. The second kappa shape index (κ2) is 9.73. The van der Waals surface area contributed by atoms with Crippen LogP contribution in [0, 0.1) is 0 Å². The molecule has 2 N–H and O–H groups in total. The van der Waals surface area contributed by atoms with Gasteiger partial charge >= 0.3 is 0 Å². The largest absolute Gasteiger partial charge is 0.387 e. The number of piperazine rings is 1. The fraction of sp³-hybridized carbons (Fsp3) is 0.542.